The lowest BCUT2D eigenvalue weighted by molar-refractivity contribution is -0.120. The second kappa shape index (κ2) is 6.14. The highest BCUT2D eigenvalue weighted by Crippen LogP contribution is 2.16. The van der Waals surface area contributed by atoms with Crippen LogP contribution in [0.3, 0.4) is 0 Å². The van der Waals surface area contributed by atoms with Crippen molar-refractivity contribution in [3.8, 4) is 0 Å². The maximum absolute atomic E-state index is 11.4. The van der Waals surface area contributed by atoms with Crippen molar-refractivity contribution in [2.45, 2.75) is 38.0 Å². The average Bonchev–Trinajstić information content (AvgIpc) is 2.37. The Labute approximate surface area is 106 Å². The molecule has 0 aliphatic carbocycles. The average molecular weight is 260 g/mol. The zero-order valence-corrected chi connectivity index (χ0v) is 11.4. The summed E-state index contributed by atoms with van der Waals surface area (Å²) < 4.78 is 5.13. The van der Waals surface area contributed by atoms with E-state index in [-0.39, 0.29) is 11.2 Å². The minimum atomic E-state index is -0.488. The van der Waals surface area contributed by atoms with Gasteiger partial charge in [-0.1, -0.05) is 0 Å². The molecule has 0 radical (unpaired) electrons. The van der Waals surface area contributed by atoms with E-state index in [0.29, 0.717) is 19.5 Å². The van der Waals surface area contributed by atoms with Crippen molar-refractivity contribution >= 4 is 23.8 Å². The van der Waals surface area contributed by atoms with Crippen LogP contribution in [0.25, 0.3) is 0 Å². The maximum atomic E-state index is 11.4. The molecule has 0 aromatic carbocycles. The molecule has 6 heteroatoms. The van der Waals surface area contributed by atoms with Crippen LogP contribution in [-0.2, 0) is 9.53 Å². The third kappa shape index (κ3) is 6.41. The van der Waals surface area contributed by atoms with Gasteiger partial charge in [0.25, 0.3) is 0 Å². The van der Waals surface area contributed by atoms with E-state index < -0.39 is 11.7 Å². The summed E-state index contributed by atoms with van der Waals surface area (Å²) in [6.45, 7) is 6.63. The second-order valence-corrected chi connectivity index (χ2v) is 6.34. The molecule has 0 spiro atoms. The highest BCUT2D eigenvalue weighted by molar-refractivity contribution is 8.00. The van der Waals surface area contributed by atoms with Gasteiger partial charge in [0.1, 0.15) is 5.60 Å². The van der Waals surface area contributed by atoms with Crippen LogP contribution in [0.15, 0.2) is 0 Å². The van der Waals surface area contributed by atoms with Gasteiger partial charge in [0, 0.05) is 30.5 Å². The first-order valence-corrected chi connectivity index (χ1v) is 6.77. The number of carbonyl (C=O) groups excluding carboxylic acids is 2. The largest absolute Gasteiger partial charge is 0.444 e. The van der Waals surface area contributed by atoms with Gasteiger partial charge in [0.15, 0.2) is 0 Å². The summed E-state index contributed by atoms with van der Waals surface area (Å²) in [6, 6.07) is 0. The number of alkyl carbamates (subject to hydrolysis) is 1. The normalized spacial score (nSPS) is 21.4. The topological polar surface area (TPSA) is 67.4 Å². The van der Waals surface area contributed by atoms with Crippen LogP contribution in [0.2, 0.25) is 0 Å². The van der Waals surface area contributed by atoms with Crippen molar-refractivity contribution < 1.29 is 14.3 Å². The van der Waals surface area contributed by atoms with Crippen molar-refractivity contribution in [3.05, 3.63) is 0 Å². The lowest BCUT2D eigenvalue weighted by Gasteiger charge is -2.21. The monoisotopic (exact) mass is 260 g/mol. The molecular formula is C11H20N2O3S. The summed E-state index contributed by atoms with van der Waals surface area (Å²) in [7, 11) is 0. The van der Waals surface area contributed by atoms with Crippen LogP contribution < -0.4 is 10.6 Å². The molecule has 1 aliphatic heterocycles. The van der Waals surface area contributed by atoms with Crippen LogP contribution in [0.5, 0.6) is 0 Å². The zero-order chi connectivity index (χ0) is 12.9. The SMILES string of the molecule is CC(C)(C)OC(=O)NCC1CC(=O)NCCS1. The summed E-state index contributed by atoms with van der Waals surface area (Å²) in [6.07, 6.45) is 0.0169. The summed E-state index contributed by atoms with van der Waals surface area (Å²) in [5.41, 5.74) is -0.488. The number of amides is 2. The highest BCUT2D eigenvalue weighted by atomic mass is 32.2. The van der Waals surface area contributed by atoms with E-state index in [1.54, 1.807) is 11.8 Å². The van der Waals surface area contributed by atoms with E-state index >= 15 is 0 Å². The van der Waals surface area contributed by atoms with Gasteiger partial charge in [-0.25, -0.2) is 4.79 Å². The molecule has 1 saturated heterocycles. The number of thioether (sulfide) groups is 1. The van der Waals surface area contributed by atoms with Gasteiger partial charge in [-0.05, 0) is 20.8 Å². The van der Waals surface area contributed by atoms with Crippen LogP contribution in [-0.4, -0.2) is 41.7 Å². The van der Waals surface area contributed by atoms with Crippen LogP contribution >= 0.6 is 11.8 Å². The Balaban J connectivity index is 2.29. The molecule has 2 amide bonds. The standard InChI is InChI=1S/C11H20N2O3S/c1-11(2,3)16-10(15)13-7-8-6-9(14)12-4-5-17-8/h8H,4-7H2,1-3H3,(H,12,14)(H,13,15). The molecule has 0 saturated carbocycles. The summed E-state index contributed by atoms with van der Waals surface area (Å²) in [4.78, 5) is 22.7. The molecule has 2 N–H and O–H groups in total. The number of rotatable bonds is 2. The fourth-order valence-electron chi connectivity index (χ4n) is 1.40. The first-order valence-electron chi connectivity index (χ1n) is 5.72. The lowest BCUT2D eigenvalue weighted by Crippen LogP contribution is -2.37. The van der Waals surface area contributed by atoms with Gasteiger partial charge < -0.3 is 15.4 Å². The molecule has 0 aromatic heterocycles. The van der Waals surface area contributed by atoms with E-state index in [0.717, 1.165) is 5.75 Å². The predicted octanol–water partition coefficient (Wildman–Crippen LogP) is 1.13. The summed E-state index contributed by atoms with van der Waals surface area (Å²) in [5, 5.41) is 5.62. The number of carbonyl (C=O) groups is 2. The van der Waals surface area contributed by atoms with Gasteiger partial charge in [0.2, 0.25) is 5.91 Å². The molecule has 5 nitrogen and oxygen atoms in total. The smallest absolute Gasteiger partial charge is 0.407 e. The van der Waals surface area contributed by atoms with Gasteiger partial charge in [-0.2, -0.15) is 11.8 Å². The summed E-state index contributed by atoms with van der Waals surface area (Å²) in [5.74, 6) is 0.929. The van der Waals surface area contributed by atoms with E-state index in [2.05, 4.69) is 10.6 Å². The van der Waals surface area contributed by atoms with Crippen molar-refractivity contribution in [1.82, 2.24) is 10.6 Å². The van der Waals surface area contributed by atoms with E-state index in [9.17, 15) is 9.59 Å². The fourth-order valence-corrected chi connectivity index (χ4v) is 2.42. The first kappa shape index (κ1) is 14.2. The molecule has 1 rings (SSSR count). The Morgan fingerprint density at radius 3 is 2.94 bits per heavy atom. The lowest BCUT2D eigenvalue weighted by atomic mass is 10.2. The molecule has 1 atom stereocenters. The number of hydrogen-bond acceptors (Lipinski definition) is 4. The van der Waals surface area contributed by atoms with Crippen molar-refractivity contribution in [2.24, 2.45) is 0 Å². The summed E-state index contributed by atoms with van der Waals surface area (Å²) >= 11 is 1.69. The Morgan fingerprint density at radius 2 is 2.29 bits per heavy atom. The molecule has 0 bridgehead atoms. The zero-order valence-electron chi connectivity index (χ0n) is 10.5. The molecule has 1 heterocycles. The van der Waals surface area contributed by atoms with E-state index in [4.69, 9.17) is 4.74 Å². The quantitative estimate of drug-likeness (QED) is 0.781. The van der Waals surface area contributed by atoms with Gasteiger partial charge in [-0.15, -0.1) is 0 Å². The molecule has 1 aliphatic rings. The third-order valence-electron chi connectivity index (χ3n) is 2.06. The Hall–Kier alpha value is -0.910. The molecule has 0 aromatic rings. The molecular weight excluding hydrogens is 240 g/mol. The first-order chi connectivity index (χ1) is 7.87. The predicted molar refractivity (Wildman–Crippen MR) is 68.1 cm³/mol. The van der Waals surface area contributed by atoms with Gasteiger partial charge in [0.05, 0.1) is 0 Å². The van der Waals surface area contributed by atoms with Gasteiger partial charge >= 0.3 is 6.09 Å². The van der Waals surface area contributed by atoms with Crippen LogP contribution in [0.1, 0.15) is 27.2 Å². The van der Waals surface area contributed by atoms with Crippen LogP contribution in [0.4, 0.5) is 4.79 Å². The Bertz CT molecular complexity index is 289. The Kier molecular flexibility index (Phi) is 5.11. The van der Waals surface area contributed by atoms with Crippen molar-refractivity contribution in [1.29, 1.82) is 0 Å². The van der Waals surface area contributed by atoms with Crippen molar-refractivity contribution in [2.75, 3.05) is 18.8 Å². The Morgan fingerprint density at radius 1 is 1.59 bits per heavy atom. The van der Waals surface area contributed by atoms with Gasteiger partial charge in [-0.3, -0.25) is 4.79 Å². The molecule has 98 valence electrons. The van der Waals surface area contributed by atoms with E-state index in [1.807, 2.05) is 20.8 Å². The van der Waals surface area contributed by atoms with Crippen molar-refractivity contribution in [3.63, 3.8) is 0 Å². The highest BCUT2D eigenvalue weighted by Gasteiger charge is 2.20. The third-order valence-corrected chi connectivity index (χ3v) is 3.31. The minimum Gasteiger partial charge on any atom is -0.444 e. The minimum absolute atomic E-state index is 0.0472. The van der Waals surface area contributed by atoms with E-state index in [1.165, 1.54) is 0 Å². The number of hydrogen-bond donors (Lipinski definition) is 2. The molecule has 1 fully saturated rings. The molecule has 1 unspecified atom stereocenters. The maximum Gasteiger partial charge on any atom is 0.407 e. The number of ether oxygens (including phenoxy) is 1. The van der Waals surface area contributed by atoms with Crippen LogP contribution in [0, 0.1) is 0 Å². The molecule has 17 heavy (non-hydrogen) atoms. The number of nitrogens with one attached hydrogen (secondary N) is 2. The fraction of sp³-hybridized carbons (Fsp3) is 0.818. The second-order valence-electron chi connectivity index (χ2n) is 4.93.